The molecule has 1 fully saturated rings. The standard InChI is InChI=1S/C50H96N2O6/c1-6-10-20-28-45(29-21-11-7-2)36-42-56-48(53)34-26-18-14-16-24-32-47(58-50(55)44-52-40-38-51(5)39-41-52)33-25-17-15-19-27-35-49(54)57-43-37-46(30-22-12-8-3)31-23-13-9-4/h45-47H,6-44H2,1-5H3. The number of hydrogen-bond donors (Lipinski definition) is 0. The van der Waals surface area contributed by atoms with Gasteiger partial charge in [-0.05, 0) is 70.3 Å². The topological polar surface area (TPSA) is 85.4 Å². The summed E-state index contributed by atoms with van der Waals surface area (Å²) < 4.78 is 17.4. The number of nitrogens with zero attached hydrogens (tertiary/aromatic N) is 2. The lowest BCUT2D eigenvalue weighted by Crippen LogP contribution is -2.46. The second-order valence-electron chi connectivity index (χ2n) is 18.0. The maximum Gasteiger partial charge on any atom is 0.320 e. The zero-order valence-electron chi connectivity index (χ0n) is 39.2. The Morgan fingerprint density at radius 2 is 0.793 bits per heavy atom. The summed E-state index contributed by atoms with van der Waals surface area (Å²) in [4.78, 5) is 42.4. The Morgan fingerprint density at radius 1 is 0.431 bits per heavy atom. The lowest BCUT2D eigenvalue weighted by molar-refractivity contribution is -0.151. The third-order valence-corrected chi connectivity index (χ3v) is 12.5. The number of rotatable bonds is 41. The van der Waals surface area contributed by atoms with Crippen LogP contribution in [0.4, 0.5) is 0 Å². The van der Waals surface area contributed by atoms with Gasteiger partial charge in [0.05, 0.1) is 19.8 Å². The molecule has 1 aliphatic heterocycles. The Bertz CT molecular complexity index is 878. The number of unbranched alkanes of at least 4 members (excludes halogenated alkanes) is 16. The highest BCUT2D eigenvalue weighted by Crippen LogP contribution is 2.23. The van der Waals surface area contributed by atoms with Crippen molar-refractivity contribution >= 4 is 17.9 Å². The average molecular weight is 821 g/mol. The van der Waals surface area contributed by atoms with E-state index in [1.54, 1.807) is 0 Å². The lowest BCUT2D eigenvalue weighted by atomic mass is 9.92. The van der Waals surface area contributed by atoms with Crippen LogP contribution in [-0.2, 0) is 28.6 Å². The summed E-state index contributed by atoms with van der Waals surface area (Å²) in [7, 11) is 2.13. The molecule has 0 bridgehead atoms. The van der Waals surface area contributed by atoms with Crippen LogP contribution in [0.5, 0.6) is 0 Å². The molecule has 1 aliphatic rings. The predicted octanol–water partition coefficient (Wildman–Crippen LogP) is 13.0. The van der Waals surface area contributed by atoms with E-state index in [1.807, 2.05) is 0 Å². The van der Waals surface area contributed by atoms with Gasteiger partial charge in [-0.3, -0.25) is 19.3 Å². The molecule has 0 atom stereocenters. The van der Waals surface area contributed by atoms with Crippen LogP contribution >= 0.6 is 0 Å². The first-order valence-electron chi connectivity index (χ1n) is 25.2. The van der Waals surface area contributed by atoms with Gasteiger partial charge in [0.15, 0.2) is 0 Å². The highest BCUT2D eigenvalue weighted by Gasteiger charge is 2.20. The fraction of sp³-hybridized carbons (Fsp3) is 0.940. The Balaban J connectivity index is 2.33. The average Bonchev–Trinajstić information content (AvgIpc) is 3.20. The van der Waals surface area contributed by atoms with Crippen molar-refractivity contribution in [3.8, 4) is 0 Å². The molecule has 0 aromatic carbocycles. The third-order valence-electron chi connectivity index (χ3n) is 12.5. The largest absolute Gasteiger partial charge is 0.466 e. The van der Waals surface area contributed by atoms with E-state index in [0.29, 0.717) is 44.4 Å². The molecule has 0 unspecified atom stereocenters. The van der Waals surface area contributed by atoms with E-state index in [9.17, 15) is 14.4 Å². The molecule has 0 aromatic rings. The first kappa shape index (κ1) is 54.3. The Labute approximate surface area is 359 Å². The van der Waals surface area contributed by atoms with Crippen molar-refractivity contribution < 1.29 is 28.6 Å². The number of likely N-dealkylation sites (N-methyl/N-ethyl adjacent to an activating group) is 1. The highest BCUT2D eigenvalue weighted by molar-refractivity contribution is 5.72. The molecule has 0 spiro atoms. The van der Waals surface area contributed by atoms with E-state index in [2.05, 4.69) is 44.5 Å². The van der Waals surface area contributed by atoms with Crippen LogP contribution in [0.25, 0.3) is 0 Å². The molecule has 1 saturated heterocycles. The van der Waals surface area contributed by atoms with Crippen LogP contribution in [-0.4, -0.2) is 86.8 Å². The molecule has 0 saturated carbocycles. The summed E-state index contributed by atoms with van der Waals surface area (Å²) in [5.41, 5.74) is 0. The van der Waals surface area contributed by atoms with E-state index in [-0.39, 0.29) is 24.0 Å². The molecule has 8 nitrogen and oxygen atoms in total. The van der Waals surface area contributed by atoms with E-state index in [1.165, 1.54) is 103 Å². The van der Waals surface area contributed by atoms with Gasteiger partial charge in [0.2, 0.25) is 0 Å². The molecule has 0 aliphatic carbocycles. The maximum absolute atomic E-state index is 13.0. The van der Waals surface area contributed by atoms with Crippen molar-refractivity contribution in [1.82, 2.24) is 9.80 Å². The molecule has 0 amide bonds. The summed E-state index contributed by atoms with van der Waals surface area (Å²) in [6.07, 6.45) is 35.5. The van der Waals surface area contributed by atoms with Gasteiger partial charge < -0.3 is 19.1 Å². The SMILES string of the molecule is CCCCCC(CCCCC)CCOC(=O)CCCCCCCC(CCCCCCCC(=O)OCCC(CCCCC)CCCCC)OC(=O)CN1CCN(C)CC1. The number of carbonyl (C=O) groups excluding carboxylic acids is 3. The predicted molar refractivity (Wildman–Crippen MR) is 243 cm³/mol. The van der Waals surface area contributed by atoms with Crippen LogP contribution in [0, 0.1) is 11.8 Å². The number of esters is 3. The maximum atomic E-state index is 13.0. The zero-order chi connectivity index (χ0) is 42.3. The van der Waals surface area contributed by atoms with E-state index in [4.69, 9.17) is 14.2 Å². The van der Waals surface area contributed by atoms with Crippen LogP contribution in [0.1, 0.15) is 233 Å². The van der Waals surface area contributed by atoms with Gasteiger partial charge in [-0.15, -0.1) is 0 Å². The molecular weight excluding hydrogens is 725 g/mol. The summed E-state index contributed by atoms with van der Waals surface area (Å²) in [6.45, 7) is 14.4. The Kier molecular flexibility index (Phi) is 37.0. The molecular formula is C50H96N2O6. The molecule has 0 radical (unpaired) electrons. The van der Waals surface area contributed by atoms with Crippen molar-refractivity contribution in [2.24, 2.45) is 11.8 Å². The van der Waals surface area contributed by atoms with Crippen molar-refractivity contribution in [2.45, 2.75) is 239 Å². The summed E-state index contributed by atoms with van der Waals surface area (Å²) in [5, 5.41) is 0. The monoisotopic (exact) mass is 821 g/mol. The Hall–Kier alpha value is -1.67. The summed E-state index contributed by atoms with van der Waals surface area (Å²) in [6, 6.07) is 0. The van der Waals surface area contributed by atoms with Gasteiger partial charge in [0.25, 0.3) is 0 Å². The minimum Gasteiger partial charge on any atom is -0.466 e. The van der Waals surface area contributed by atoms with Crippen molar-refractivity contribution in [2.75, 3.05) is 53.0 Å². The van der Waals surface area contributed by atoms with Crippen molar-refractivity contribution in [3.05, 3.63) is 0 Å². The van der Waals surface area contributed by atoms with Gasteiger partial charge in [0, 0.05) is 39.0 Å². The number of ether oxygens (including phenoxy) is 3. The number of carbonyl (C=O) groups is 3. The van der Waals surface area contributed by atoms with Gasteiger partial charge in [-0.25, -0.2) is 0 Å². The van der Waals surface area contributed by atoms with Gasteiger partial charge in [-0.2, -0.15) is 0 Å². The Morgan fingerprint density at radius 3 is 1.19 bits per heavy atom. The minimum absolute atomic E-state index is 0.0366. The lowest BCUT2D eigenvalue weighted by Gasteiger charge is -2.32. The highest BCUT2D eigenvalue weighted by atomic mass is 16.5. The molecule has 1 rings (SSSR count). The van der Waals surface area contributed by atoms with Gasteiger partial charge in [-0.1, -0.05) is 169 Å². The second kappa shape index (κ2) is 39.5. The van der Waals surface area contributed by atoms with Crippen LogP contribution in [0.15, 0.2) is 0 Å². The minimum atomic E-state index is -0.0898. The summed E-state index contributed by atoms with van der Waals surface area (Å²) in [5.74, 6) is 1.21. The van der Waals surface area contributed by atoms with Crippen LogP contribution in [0.2, 0.25) is 0 Å². The third kappa shape index (κ3) is 33.1. The normalized spacial score (nSPS) is 13.9. The summed E-state index contributed by atoms with van der Waals surface area (Å²) >= 11 is 0. The van der Waals surface area contributed by atoms with Crippen LogP contribution in [0.3, 0.4) is 0 Å². The fourth-order valence-electron chi connectivity index (χ4n) is 8.44. The van der Waals surface area contributed by atoms with E-state index in [0.717, 1.165) is 116 Å². The molecule has 342 valence electrons. The first-order valence-corrected chi connectivity index (χ1v) is 25.2. The van der Waals surface area contributed by atoms with Crippen molar-refractivity contribution in [3.63, 3.8) is 0 Å². The second-order valence-corrected chi connectivity index (χ2v) is 18.0. The molecule has 8 heteroatoms. The number of piperazine rings is 1. The molecule has 1 heterocycles. The zero-order valence-corrected chi connectivity index (χ0v) is 39.2. The number of hydrogen-bond acceptors (Lipinski definition) is 8. The van der Waals surface area contributed by atoms with E-state index < -0.39 is 0 Å². The van der Waals surface area contributed by atoms with Gasteiger partial charge in [0.1, 0.15) is 6.10 Å². The van der Waals surface area contributed by atoms with Crippen molar-refractivity contribution in [1.29, 1.82) is 0 Å². The molecule has 58 heavy (non-hydrogen) atoms. The first-order chi connectivity index (χ1) is 28.3. The molecule has 0 aromatic heterocycles. The van der Waals surface area contributed by atoms with E-state index >= 15 is 0 Å². The fourth-order valence-corrected chi connectivity index (χ4v) is 8.44. The molecule has 0 N–H and O–H groups in total. The van der Waals surface area contributed by atoms with Gasteiger partial charge >= 0.3 is 17.9 Å². The van der Waals surface area contributed by atoms with Crippen LogP contribution < -0.4 is 0 Å². The quantitative estimate of drug-likeness (QED) is 0.0342. The smallest absolute Gasteiger partial charge is 0.320 e.